The van der Waals surface area contributed by atoms with Crippen LogP contribution in [0.15, 0.2) is 24.3 Å². The number of ketones is 1. The number of hydrogen-bond donors (Lipinski definition) is 0. The summed E-state index contributed by atoms with van der Waals surface area (Å²) in [6, 6.07) is 6.52. The number of Topliss-reactive ketones (excluding diaryl/α,β-unsaturated/α-hetero) is 1. The molecule has 0 aliphatic carbocycles. The summed E-state index contributed by atoms with van der Waals surface area (Å²) >= 11 is 0. The van der Waals surface area contributed by atoms with E-state index in [1.165, 1.54) is 7.11 Å². The van der Waals surface area contributed by atoms with Gasteiger partial charge in [-0.25, -0.2) is 0 Å². The standard InChI is InChI=1S/C18H26O6/c1-5-7-8-16(19)23-13(3)17(20)14-9-11-15(12-10-14)24-18(21-4)22-6-2/h9-13,18H,5-8H2,1-4H3/t13?,18-/m0/s1. The zero-order chi connectivity index (χ0) is 17.9. The van der Waals surface area contributed by atoms with Crippen molar-refractivity contribution in [3.63, 3.8) is 0 Å². The Morgan fingerprint density at radius 1 is 1.12 bits per heavy atom. The van der Waals surface area contributed by atoms with Gasteiger partial charge in [-0.05, 0) is 44.5 Å². The van der Waals surface area contributed by atoms with Gasteiger partial charge in [0.1, 0.15) is 5.75 Å². The summed E-state index contributed by atoms with van der Waals surface area (Å²) < 4.78 is 20.9. The summed E-state index contributed by atoms with van der Waals surface area (Å²) in [5, 5.41) is 0. The summed E-state index contributed by atoms with van der Waals surface area (Å²) in [6.45, 7) is 5.06. The van der Waals surface area contributed by atoms with Gasteiger partial charge >= 0.3 is 12.4 Å². The Kier molecular flexibility index (Phi) is 9.04. The predicted octanol–water partition coefficient (Wildman–Crippen LogP) is 3.34. The number of rotatable bonds is 11. The second-order valence-corrected chi connectivity index (χ2v) is 5.22. The van der Waals surface area contributed by atoms with Crippen LogP contribution in [0.1, 0.15) is 50.4 Å². The molecule has 0 radical (unpaired) electrons. The van der Waals surface area contributed by atoms with E-state index < -0.39 is 12.6 Å². The lowest BCUT2D eigenvalue weighted by Crippen LogP contribution is -2.24. The Balaban J connectivity index is 2.60. The van der Waals surface area contributed by atoms with E-state index >= 15 is 0 Å². The minimum absolute atomic E-state index is 0.250. The highest BCUT2D eigenvalue weighted by Crippen LogP contribution is 2.16. The van der Waals surface area contributed by atoms with Gasteiger partial charge in [0.2, 0.25) is 5.78 Å². The van der Waals surface area contributed by atoms with E-state index in [2.05, 4.69) is 0 Å². The van der Waals surface area contributed by atoms with Crippen LogP contribution in [0.5, 0.6) is 5.75 Å². The molecule has 0 aliphatic rings. The largest absolute Gasteiger partial charge is 0.454 e. The summed E-state index contributed by atoms with van der Waals surface area (Å²) in [6.07, 6.45) is 1.18. The molecule has 0 saturated carbocycles. The number of unbranched alkanes of at least 4 members (excludes halogenated alkanes) is 1. The first-order chi connectivity index (χ1) is 11.5. The van der Waals surface area contributed by atoms with E-state index in [1.54, 1.807) is 31.2 Å². The predicted molar refractivity (Wildman–Crippen MR) is 88.9 cm³/mol. The van der Waals surface area contributed by atoms with Crippen molar-refractivity contribution in [2.45, 2.75) is 52.6 Å². The summed E-state index contributed by atoms with van der Waals surface area (Å²) in [4.78, 5) is 23.9. The van der Waals surface area contributed by atoms with Crippen molar-refractivity contribution >= 4 is 11.8 Å². The van der Waals surface area contributed by atoms with Crippen LogP contribution in [0.4, 0.5) is 0 Å². The third-order valence-electron chi connectivity index (χ3n) is 3.28. The van der Waals surface area contributed by atoms with Crippen LogP contribution in [0.3, 0.4) is 0 Å². The fourth-order valence-electron chi connectivity index (χ4n) is 1.96. The summed E-state index contributed by atoms with van der Waals surface area (Å²) in [5.74, 6) is -0.0868. The fraction of sp³-hybridized carbons (Fsp3) is 0.556. The quantitative estimate of drug-likeness (QED) is 0.350. The van der Waals surface area contributed by atoms with Crippen molar-refractivity contribution in [2.75, 3.05) is 13.7 Å². The average molecular weight is 338 g/mol. The lowest BCUT2D eigenvalue weighted by atomic mass is 10.1. The Morgan fingerprint density at radius 3 is 2.33 bits per heavy atom. The number of benzene rings is 1. The normalized spacial score (nSPS) is 13.2. The van der Waals surface area contributed by atoms with E-state index in [-0.39, 0.29) is 11.8 Å². The Morgan fingerprint density at radius 2 is 1.79 bits per heavy atom. The second kappa shape index (κ2) is 10.8. The number of carbonyl (C=O) groups is 2. The number of carbonyl (C=O) groups excluding carboxylic acids is 2. The zero-order valence-corrected chi connectivity index (χ0v) is 14.7. The van der Waals surface area contributed by atoms with Crippen molar-refractivity contribution in [2.24, 2.45) is 0 Å². The van der Waals surface area contributed by atoms with E-state index in [0.29, 0.717) is 24.3 Å². The molecule has 2 atom stereocenters. The Bertz CT molecular complexity index is 511. The van der Waals surface area contributed by atoms with Crippen molar-refractivity contribution in [1.82, 2.24) is 0 Å². The van der Waals surface area contributed by atoms with Crippen LogP contribution in [0.25, 0.3) is 0 Å². The molecule has 6 nitrogen and oxygen atoms in total. The number of hydrogen-bond acceptors (Lipinski definition) is 6. The van der Waals surface area contributed by atoms with Crippen molar-refractivity contribution in [1.29, 1.82) is 0 Å². The van der Waals surface area contributed by atoms with Gasteiger partial charge in [-0.3, -0.25) is 9.59 Å². The van der Waals surface area contributed by atoms with Gasteiger partial charge in [0.05, 0.1) is 6.61 Å². The van der Waals surface area contributed by atoms with E-state index in [9.17, 15) is 9.59 Å². The summed E-state index contributed by atoms with van der Waals surface area (Å²) in [7, 11) is 1.48. The molecule has 0 amide bonds. The van der Waals surface area contributed by atoms with Gasteiger partial charge in [-0.2, -0.15) is 0 Å². The van der Waals surface area contributed by atoms with Gasteiger partial charge in [-0.15, -0.1) is 0 Å². The molecule has 0 heterocycles. The Hall–Kier alpha value is -1.92. The molecule has 0 aliphatic heterocycles. The molecule has 0 fully saturated rings. The maximum atomic E-state index is 12.3. The molecule has 1 unspecified atom stereocenters. The van der Waals surface area contributed by atoms with E-state index in [1.807, 2.05) is 13.8 Å². The summed E-state index contributed by atoms with van der Waals surface area (Å²) in [5.41, 5.74) is 0.448. The van der Waals surface area contributed by atoms with Crippen LogP contribution < -0.4 is 4.74 Å². The average Bonchev–Trinajstić information content (AvgIpc) is 2.59. The van der Waals surface area contributed by atoms with Gasteiger partial charge in [0, 0.05) is 19.1 Å². The molecule has 6 heteroatoms. The van der Waals surface area contributed by atoms with Crippen LogP contribution in [-0.2, 0) is 19.0 Å². The van der Waals surface area contributed by atoms with Crippen LogP contribution in [-0.4, -0.2) is 38.0 Å². The van der Waals surface area contributed by atoms with Gasteiger partial charge in [0.25, 0.3) is 0 Å². The molecule has 0 N–H and O–H groups in total. The smallest absolute Gasteiger partial charge is 0.315 e. The maximum Gasteiger partial charge on any atom is 0.315 e. The third kappa shape index (κ3) is 6.68. The Labute approximate surface area is 143 Å². The van der Waals surface area contributed by atoms with Crippen molar-refractivity contribution in [3.05, 3.63) is 29.8 Å². The van der Waals surface area contributed by atoms with E-state index in [0.717, 1.165) is 12.8 Å². The first kappa shape index (κ1) is 20.1. The molecule has 1 aromatic carbocycles. The lowest BCUT2D eigenvalue weighted by molar-refractivity contribution is -0.231. The monoisotopic (exact) mass is 338 g/mol. The second-order valence-electron chi connectivity index (χ2n) is 5.22. The molecule has 0 bridgehead atoms. The van der Waals surface area contributed by atoms with Gasteiger partial charge in [-0.1, -0.05) is 13.3 Å². The highest BCUT2D eigenvalue weighted by Gasteiger charge is 2.19. The number of ether oxygens (including phenoxy) is 4. The minimum atomic E-state index is -0.809. The van der Waals surface area contributed by atoms with Crippen molar-refractivity contribution in [3.8, 4) is 5.75 Å². The molecular formula is C18H26O6. The zero-order valence-electron chi connectivity index (χ0n) is 14.7. The fourth-order valence-corrected chi connectivity index (χ4v) is 1.96. The minimum Gasteiger partial charge on any atom is -0.454 e. The highest BCUT2D eigenvalue weighted by molar-refractivity contribution is 6.00. The SMILES string of the molecule is CCCCC(=O)OC(C)C(=O)c1ccc(O[C@@H](OC)OCC)cc1. The molecule has 0 saturated heterocycles. The first-order valence-electron chi connectivity index (χ1n) is 8.16. The molecule has 24 heavy (non-hydrogen) atoms. The van der Waals surface area contributed by atoms with Crippen molar-refractivity contribution < 1.29 is 28.5 Å². The molecular weight excluding hydrogens is 312 g/mol. The molecule has 134 valence electrons. The number of methoxy groups -OCH3 is 1. The highest BCUT2D eigenvalue weighted by atomic mass is 16.8. The molecule has 0 aromatic heterocycles. The maximum absolute atomic E-state index is 12.3. The first-order valence-corrected chi connectivity index (χ1v) is 8.16. The molecule has 1 rings (SSSR count). The van der Waals surface area contributed by atoms with Gasteiger partial charge in [0.15, 0.2) is 6.10 Å². The van der Waals surface area contributed by atoms with Crippen LogP contribution in [0.2, 0.25) is 0 Å². The lowest BCUT2D eigenvalue weighted by Gasteiger charge is -2.17. The topological polar surface area (TPSA) is 71.1 Å². The van der Waals surface area contributed by atoms with E-state index in [4.69, 9.17) is 18.9 Å². The number of esters is 1. The third-order valence-corrected chi connectivity index (χ3v) is 3.28. The van der Waals surface area contributed by atoms with Crippen LogP contribution >= 0.6 is 0 Å². The van der Waals surface area contributed by atoms with Crippen LogP contribution in [0, 0.1) is 0 Å². The molecule has 1 aromatic rings. The van der Waals surface area contributed by atoms with Gasteiger partial charge < -0.3 is 18.9 Å². The molecule has 0 spiro atoms.